The number of esters is 1. The molecule has 0 fully saturated rings. The van der Waals surface area contributed by atoms with E-state index in [1.54, 1.807) is 31.3 Å². The highest BCUT2D eigenvalue weighted by molar-refractivity contribution is 6.32. The number of nitrogens with zero attached hydrogens (tertiary/aromatic N) is 1. The molecular formula is C22H24ClNO5. The molecule has 0 bridgehead atoms. The number of anilines is 1. The van der Waals surface area contributed by atoms with Crippen LogP contribution in [0.25, 0.3) is 6.08 Å². The summed E-state index contributed by atoms with van der Waals surface area (Å²) in [5, 5.41) is 0.361. The lowest BCUT2D eigenvalue weighted by molar-refractivity contribution is -0.148. The fourth-order valence-electron chi connectivity index (χ4n) is 2.62. The lowest BCUT2D eigenvalue weighted by atomic mass is 10.2. The average Bonchev–Trinajstić information content (AvgIpc) is 2.72. The molecule has 1 amide bonds. The highest BCUT2D eigenvalue weighted by Gasteiger charge is 2.21. The van der Waals surface area contributed by atoms with Crippen molar-refractivity contribution in [2.75, 3.05) is 25.7 Å². The van der Waals surface area contributed by atoms with Gasteiger partial charge >= 0.3 is 5.97 Å². The van der Waals surface area contributed by atoms with Crippen LogP contribution in [-0.4, -0.2) is 38.7 Å². The summed E-state index contributed by atoms with van der Waals surface area (Å²) in [5.74, 6) is -0.0683. The van der Waals surface area contributed by atoms with Gasteiger partial charge in [-0.25, -0.2) is 4.79 Å². The fourth-order valence-corrected chi connectivity index (χ4v) is 2.92. The summed E-state index contributed by atoms with van der Waals surface area (Å²) in [7, 11) is 3.13. The van der Waals surface area contributed by atoms with E-state index < -0.39 is 12.1 Å². The van der Waals surface area contributed by atoms with Gasteiger partial charge in [0.1, 0.15) is 0 Å². The molecule has 0 aliphatic carbocycles. The normalized spacial score (nSPS) is 11.8. The lowest BCUT2D eigenvalue weighted by Crippen LogP contribution is -2.37. The third kappa shape index (κ3) is 5.99. The van der Waals surface area contributed by atoms with Crippen LogP contribution < -0.4 is 14.4 Å². The van der Waals surface area contributed by atoms with E-state index in [2.05, 4.69) is 0 Å². The number of carbonyl (C=O) groups is 2. The third-order valence-electron chi connectivity index (χ3n) is 4.06. The molecule has 2 aromatic carbocycles. The molecule has 6 nitrogen and oxygen atoms in total. The zero-order chi connectivity index (χ0) is 21.4. The minimum absolute atomic E-state index is 0.330. The Morgan fingerprint density at radius 1 is 1.21 bits per heavy atom. The molecule has 0 N–H and O–H groups in total. The van der Waals surface area contributed by atoms with Crippen LogP contribution in [0, 0.1) is 0 Å². The lowest BCUT2D eigenvalue weighted by Gasteiger charge is -2.21. The number of hydrogen-bond donors (Lipinski definition) is 0. The van der Waals surface area contributed by atoms with E-state index in [1.807, 2.05) is 25.1 Å². The van der Waals surface area contributed by atoms with Gasteiger partial charge in [0.15, 0.2) is 17.6 Å². The summed E-state index contributed by atoms with van der Waals surface area (Å²) in [6.07, 6.45) is 1.84. The number of likely N-dealkylation sites (N-methyl/N-ethyl adjacent to an activating group) is 1. The van der Waals surface area contributed by atoms with Crippen molar-refractivity contribution in [2.45, 2.75) is 20.0 Å². The maximum absolute atomic E-state index is 12.5. The largest absolute Gasteiger partial charge is 0.491 e. The van der Waals surface area contributed by atoms with Crippen molar-refractivity contribution < 1.29 is 23.8 Å². The number of hydrogen-bond acceptors (Lipinski definition) is 5. The fraction of sp³-hybridized carbons (Fsp3) is 0.273. The number of amides is 1. The van der Waals surface area contributed by atoms with Crippen LogP contribution in [0.4, 0.5) is 5.69 Å². The summed E-state index contributed by atoms with van der Waals surface area (Å²) >= 11 is 6.20. The average molecular weight is 418 g/mol. The molecule has 154 valence electrons. The van der Waals surface area contributed by atoms with Gasteiger partial charge in [-0.2, -0.15) is 0 Å². The molecule has 2 rings (SSSR count). The minimum atomic E-state index is -0.934. The Kier molecular flexibility index (Phi) is 8.09. The Hall–Kier alpha value is -2.99. The highest BCUT2D eigenvalue weighted by Crippen LogP contribution is 2.36. The van der Waals surface area contributed by atoms with Gasteiger partial charge in [-0.3, -0.25) is 4.79 Å². The van der Waals surface area contributed by atoms with Crippen molar-refractivity contribution in [1.82, 2.24) is 0 Å². The van der Waals surface area contributed by atoms with Gasteiger partial charge in [-0.15, -0.1) is 0 Å². The summed E-state index contributed by atoms with van der Waals surface area (Å²) in [6.45, 7) is 3.82. The highest BCUT2D eigenvalue weighted by atomic mass is 35.5. The van der Waals surface area contributed by atoms with Crippen LogP contribution in [0.1, 0.15) is 19.4 Å². The van der Waals surface area contributed by atoms with Gasteiger partial charge in [-0.05, 0) is 49.8 Å². The Morgan fingerprint density at radius 2 is 1.90 bits per heavy atom. The first-order valence-electron chi connectivity index (χ1n) is 9.09. The van der Waals surface area contributed by atoms with E-state index in [0.717, 1.165) is 0 Å². The number of rotatable bonds is 8. The molecule has 0 spiro atoms. The molecule has 0 aliphatic rings. The van der Waals surface area contributed by atoms with Crippen LogP contribution in [-0.2, 0) is 14.3 Å². The van der Waals surface area contributed by atoms with Crippen molar-refractivity contribution in [2.24, 2.45) is 0 Å². The smallest absolute Gasteiger partial charge is 0.331 e. The van der Waals surface area contributed by atoms with Gasteiger partial charge in [-0.1, -0.05) is 29.8 Å². The number of methoxy groups -OCH3 is 1. The van der Waals surface area contributed by atoms with E-state index in [-0.39, 0.29) is 5.91 Å². The monoisotopic (exact) mass is 417 g/mol. The minimum Gasteiger partial charge on any atom is -0.491 e. The van der Waals surface area contributed by atoms with Crippen molar-refractivity contribution in [3.05, 3.63) is 59.1 Å². The van der Waals surface area contributed by atoms with Gasteiger partial charge in [0, 0.05) is 18.8 Å². The second kappa shape index (κ2) is 10.5. The second-order valence-electron chi connectivity index (χ2n) is 6.11. The van der Waals surface area contributed by atoms with E-state index in [0.29, 0.717) is 34.4 Å². The predicted octanol–water partition coefficient (Wildman–Crippen LogP) is 4.36. The number of benzene rings is 2. The molecule has 0 radical (unpaired) electrons. The maximum Gasteiger partial charge on any atom is 0.331 e. The quantitative estimate of drug-likeness (QED) is 0.471. The Bertz CT molecular complexity index is 882. The van der Waals surface area contributed by atoms with Gasteiger partial charge < -0.3 is 19.1 Å². The molecule has 2 aromatic rings. The standard InChI is InChI=1S/C22H24ClNO5/c1-5-28-19-14-16(13-18(23)21(19)27-4)11-12-20(25)29-15(2)22(26)24(3)17-9-7-6-8-10-17/h6-15H,5H2,1-4H3/b12-11+/t15-/m0/s1. The van der Waals surface area contributed by atoms with Crippen LogP contribution in [0.5, 0.6) is 11.5 Å². The maximum atomic E-state index is 12.5. The third-order valence-corrected chi connectivity index (χ3v) is 4.34. The van der Waals surface area contributed by atoms with Crippen LogP contribution in [0.3, 0.4) is 0 Å². The molecule has 0 aliphatic heterocycles. The predicted molar refractivity (Wildman–Crippen MR) is 114 cm³/mol. The SMILES string of the molecule is CCOc1cc(/C=C/C(=O)O[C@@H](C)C(=O)N(C)c2ccccc2)cc(Cl)c1OC. The van der Waals surface area contributed by atoms with Crippen molar-refractivity contribution in [3.8, 4) is 11.5 Å². The van der Waals surface area contributed by atoms with Gasteiger partial charge in [0.05, 0.1) is 18.7 Å². The van der Waals surface area contributed by atoms with E-state index in [1.165, 1.54) is 31.1 Å². The number of ether oxygens (including phenoxy) is 3. The molecule has 0 saturated heterocycles. The molecule has 0 heterocycles. The number of para-hydroxylation sites is 1. The van der Waals surface area contributed by atoms with Gasteiger partial charge in [0.2, 0.25) is 0 Å². The zero-order valence-electron chi connectivity index (χ0n) is 16.8. The molecule has 0 saturated carbocycles. The molecule has 1 atom stereocenters. The van der Waals surface area contributed by atoms with Crippen LogP contribution in [0.15, 0.2) is 48.5 Å². The van der Waals surface area contributed by atoms with Crippen molar-refractivity contribution in [3.63, 3.8) is 0 Å². The summed E-state index contributed by atoms with van der Waals surface area (Å²) in [6, 6.07) is 12.5. The first-order chi connectivity index (χ1) is 13.9. The summed E-state index contributed by atoms with van der Waals surface area (Å²) in [4.78, 5) is 26.0. The molecule has 29 heavy (non-hydrogen) atoms. The van der Waals surface area contributed by atoms with E-state index >= 15 is 0 Å². The molecule has 0 aromatic heterocycles. The van der Waals surface area contributed by atoms with Crippen LogP contribution >= 0.6 is 11.6 Å². The van der Waals surface area contributed by atoms with E-state index in [4.69, 9.17) is 25.8 Å². The number of halogens is 1. The zero-order valence-corrected chi connectivity index (χ0v) is 17.6. The Balaban J connectivity index is 2.04. The van der Waals surface area contributed by atoms with Crippen LogP contribution in [0.2, 0.25) is 5.02 Å². The molecule has 0 unspecified atom stereocenters. The Morgan fingerprint density at radius 3 is 2.52 bits per heavy atom. The first kappa shape index (κ1) is 22.3. The summed E-state index contributed by atoms with van der Waals surface area (Å²) in [5.41, 5.74) is 1.35. The Labute approximate surface area is 175 Å². The van der Waals surface area contributed by atoms with E-state index in [9.17, 15) is 9.59 Å². The number of carbonyl (C=O) groups excluding carboxylic acids is 2. The molecule has 7 heteroatoms. The first-order valence-corrected chi connectivity index (χ1v) is 9.46. The topological polar surface area (TPSA) is 65.1 Å². The van der Waals surface area contributed by atoms with Crippen molar-refractivity contribution >= 4 is 35.2 Å². The summed E-state index contributed by atoms with van der Waals surface area (Å²) < 4.78 is 16.0. The van der Waals surface area contributed by atoms with Crippen molar-refractivity contribution in [1.29, 1.82) is 0 Å². The van der Waals surface area contributed by atoms with Gasteiger partial charge in [0.25, 0.3) is 5.91 Å². The molecular weight excluding hydrogens is 394 g/mol. The second-order valence-corrected chi connectivity index (χ2v) is 6.52.